The fourth-order valence-corrected chi connectivity index (χ4v) is 3.10. The number of rotatable bonds is 3. The van der Waals surface area contributed by atoms with Crippen LogP contribution in [-0.2, 0) is 9.53 Å². The maximum atomic E-state index is 12.0. The van der Waals surface area contributed by atoms with Crippen LogP contribution in [0.15, 0.2) is 82.1 Å². The van der Waals surface area contributed by atoms with Crippen molar-refractivity contribution in [2.75, 3.05) is 0 Å². The number of hydrogen-bond acceptors (Lipinski definition) is 4. The third-order valence-corrected chi connectivity index (χ3v) is 4.41. The van der Waals surface area contributed by atoms with E-state index < -0.39 is 5.97 Å². The highest BCUT2D eigenvalue weighted by Crippen LogP contribution is 2.23. The van der Waals surface area contributed by atoms with Crippen molar-refractivity contribution in [2.45, 2.75) is 0 Å². The fourth-order valence-electron chi connectivity index (χ4n) is 2.48. The molecule has 0 saturated heterocycles. The van der Waals surface area contributed by atoms with Crippen molar-refractivity contribution < 1.29 is 9.53 Å². The van der Waals surface area contributed by atoms with E-state index in [1.54, 1.807) is 17.4 Å². The average molecular weight is 331 g/mol. The molecule has 4 rings (SSSR count). The van der Waals surface area contributed by atoms with Crippen molar-refractivity contribution in [1.29, 1.82) is 0 Å². The molecule has 0 saturated carbocycles. The molecule has 1 aliphatic heterocycles. The van der Waals surface area contributed by atoms with Gasteiger partial charge in [0.25, 0.3) is 0 Å². The Labute approximate surface area is 143 Å². The monoisotopic (exact) mass is 331 g/mol. The summed E-state index contributed by atoms with van der Waals surface area (Å²) in [6.07, 6.45) is 1.74. The Balaban J connectivity index is 1.61. The van der Waals surface area contributed by atoms with Crippen molar-refractivity contribution in [3.05, 3.63) is 88.2 Å². The van der Waals surface area contributed by atoms with Crippen LogP contribution in [0.4, 0.5) is 0 Å². The summed E-state index contributed by atoms with van der Waals surface area (Å²) in [5.41, 5.74) is 4.33. The second-order valence-electron chi connectivity index (χ2n) is 5.34. The number of nitrogens with zero attached hydrogens (tertiary/aromatic N) is 1. The summed E-state index contributed by atoms with van der Waals surface area (Å²) in [6, 6.07) is 19.9. The number of carbonyl (C=O) groups excluding carboxylic acids is 1. The first kappa shape index (κ1) is 14.6. The van der Waals surface area contributed by atoms with Gasteiger partial charge in [0, 0.05) is 5.56 Å². The molecule has 0 spiro atoms. The molecule has 4 heteroatoms. The number of ether oxygens (including phenoxy) is 1. The van der Waals surface area contributed by atoms with E-state index in [2.05, 4.69) is 17.1 Å². The lowest BCUT2D eigenvalue weighted by molar-refractivity contribution is -0.129. The Bertz CT molecular complexity index is 924. The van der Waals surface area contributed by atoms with Gasteiger partial charge in [0.1, 0.15) is 0 Å². The van der Waals surface area contributed by atoms with Gasteiger partial charge in [-0.25, -0.2) is 9.79 Å². The summed E-state index contributed by atoms with van der Waals surface area (Å²) in [4.78, 5) is 16.3. The summed E-state index contributed by atoms with van der Waals surface area (Å²) < 4.78 is 5.30. The van der Waals surface area contributed by atoms with Crippen LogP contribution < -0.4 is 0 Å². The molecule has 1 aliphatic rings. The number of hydrogen-bond donors (Lipinski definition) is 0. The van der Waals surface area contributed by atoms with Gasteiger partial charge in [0.05, 0.1) is 0 Å². The first-order valence-corrected chi connectivity index (χ1v) is 8.44. The van der Waals surface area contributed by atoms with E-state index in [0.717, 1.165) is 22.3 Å². The number of carbonyl (C=O) groups is 1. The lowest BCUT2D eigenvalue weighted by atomic mass is 10.0. The minimum Gasteiger partial charge on any atom is -0.402 e. The molecular weight excluding hydrogens is 318 g/mol. The van der Waals surface area contributed by atoms with Crippen molar-refractivity contribution in [2.24, 2.45) is 4.99 Å². The highest BCUT2D eigenvalue weighted by atomic mass is 32.1. The van der Waals surface area contributed by atoms with Crippen LogP contribution in [0.1, 0.15) is 11.1 Å². The van der Waals surface area contributed by atoms with Gasteiger partial charge in [-0.05, 0) is 51.7 Å². The number of benzene rings is 2. The minimum atomic E-state index is -0.414. The Morgan fingerprint density at radius 1 is 0.875 bits per heavy atom. The third kappa shape index (κ3) is 2.92. The summed E-state index contributed by atoms with van der Waals surface area (Å²) in [5.74, 6) is -0.0653. The second kappa shape index (κ2) is 6.26. The smallest absolute Gasteiger partial charge is 0.363 e. The van der Waals surface area contributed by atoms with E-state index in [1.165, 1.54) is 0 Å². The molecule has 1 aromatic heterocycles. The number of aliphatic imine (C=N–C) groups is 1. The van der Waals surface area contributed by atoms with E-state index in [0.29, 0.717) is 11.6 Å². The zero-order valence-electron chi connectivity index (χ0n) is 12.7. The molecule has 0 bridgehead atoms. The molecule has 3 aromatic rings. The zero-order chi connectivity index (χ0) is 16.4. The average Bonchev–Trinajstić information content (AvgIpc) is 3.27. The van der Waals surface area contributed by atoms with Gasteiger partial charge in [-0.1, -0.05) is 42.5 Å². The molecule has 0 amide bonds. The summed E-state index contributed by atoms with van der Waals surface area (Å²) in [5, 5.41) is 3.92. The van der Waals surface area contributed by atoms with Crippen LogP contribution in [0, 0.1) is 0 Å². The molecule has 0 atom stereocenters. The SMILES string of the molecule is O=C1OC(c2ccc(-c3ccccc3)cc2)=N/C1=C\c1ccsc1. The van der Waals surface area contributed by atoms with Crippen LogP contribution in [0.3, 0.4) is 0 Å². The molecule has 2 aromatic carbocycles. The number of thiophene rings is 1. The highest BCUT2D eigenvalue weighted by Gasteiger charge is 2.24. The topological polar surface area (TPSA) is 38.7 Å². The predicted molar refractivity (Wildman–Crippen MR) is 96.8 cm³/mol. The van der Waals surface area contributed by atoms with Crippen LogP contribution >= 0.6 is 11.3 Å². The molecule has 3 nitrogen and oxygen atoms in total. The summed E-state index contributed by atoms with van der Waals surface area (Å²) >= 11 is 1.58. The van der Waals surface area contributed by atoms with Crippen molar-refractivity contribution in [1.82, 2.24) is 0 Å². The largest absolute Gasteiger partial charge is 0.402 e. The molecule has 0 unspecified atom stereocenters. The van der Waals surface area contributed by atoms with Gasteiger partial charge in [0.15, 0.2) is 5.70 Å². The molecule has 24 heavy (non-hydrogen) atoms. The number of cyclic esters (lactones) is 1. The lowest BCUT2D eigenvalue weighted by Gasteiger charge is -2.03. The Morgan fingerprint density at radius 3 is 2.29 bits per heavy atom. The standard InChI is InChI=1S/C20H13NO2S/c22-20-18(12-14-10-11-24-13-14)21-19(23-20)17-8-6-16(7-9-17)15-4-2-1-3-5-15/h1-13H/b18-12-. The maximum Gasteiger partial charge on any atom is 0.363 e. The summed E-state index contributed by atoms with van der Waals surface area (Å²) in [6.45, 7) is 0. The van der Waals surface area contributed by atoms with E-state index in [4.69, 9.17) is 4.74 Å². The van der Waals surface area contributed by atoms with Crippen LogP contribution in [0.5, 0.6) is 0 Å². The van der Waals surface area contributed by atoms with E-state index in [-0.39, 0.29) is 0 Å². The first-order valence-electron chi connectivity index (χ1n) is 7.50. The summed E-state index contributed by atoms with van der Waals surface area (Å²) in [7, 11) is 0. The zero-order valence-corrected chi connectivity index (χ0v) is 13.5. The Morgan fingerprint density at radius 2 is 1.58 bits per heavy atom. The van der Waals surface area contributed by atoms with Gasteiger partial charge in [-0.3, -0.25) is 0 Å². The van der Waals surface area contributed by atoms with Crippen molar-refractivity contribution in [3.8, 4) is 11.1 Å². The van der Waals surface area contributed by atoms with Crippen LogP contribution in [0.25, 0.3) is 17.2 Å². The Hall–Kier alpha value is -2.98. The Kier molecular flexibility index (Phi) is 3.81. The molecule has 0 fully saturated rings. The quantitative estimate of drug-likeness (QED) is 0.513. The van der Waals surface area contributed by atoms with Gasteiger partial charge >= 0.3 is 5.97 Å². The van der Waals surface area contributed by atoms with Gasteiger partial charge in [0.2, 0.25) is 5.90 Å². The maximum absolute atomic E-state index is 12.0. The predicted octanol–water partition coefficient (Wildman–Crippen LogP) is 4.76. The molecule has 116 valence electrons. The van der Waals surface area contributed by atoms with Gasteiger partial charge < -0.3 is 4.74 Å². The fraction of sp³-hybridized carbons (Fsp3) is 0. The van der Waals surface area contributed by atoms with Crippen LogP contribution in [-0.4, -0.2) is 11.9 Å². The van der Waals surface area contributed by atoms with Gasteiger partial charge in [-0.2, -0.15) is 11.3 Å². The van der Waals surface area contributed by atoms with Crippen molar-refractivity contribution in [3.63, 3.8) is 0 Å². The second-order valence-corrected chi connectivity index (χ2v) is 6.12. The molecule has 0 radical (unpaired) electrons. The normalized spacial score (nSPS) is 15.4. The van der Waals surface area contributed by atoms with Crippen LogP contribution in [0.2, 0.25) is 0 Å². The minimum absolute atomic E-state index is 0.329. The first-order chi connectivity index (χ1) is 11.8. The number of esters is 1. The molecule has 0 N–H and O–H groups in total. The van der Waals surface area contributed by atoms with E-state index in [9.17, 15) is 4.79 Å². The highest BCUT2D eigenvalue weighted by molar-refractivity contribution is 7.08. The molecule has 0 aliphatic carbocycles. The molecular formula is C20H13NO2S. The third-order valence-electron chi connectivity index (χ3n) is 3.71. The van der Waals surface area contributed by atoms with E-state index in [1.807, 2.05) is 59.3 Å². The van der Waals surface area contributed by atoms with Crippen molar-refractivity contribution >= 4 is 29.3 Å². The lowest BCUT2D eigenvalue weighted by Crippen LogP contribution is -2.05. The van der Waals surface area contributed by atoms with Gasteiger partial charge in [-0.15, -0.1) is 0 Å². The van der Waals surface area contributed by atoms with E-state index >= 15 is 0 Å². The molecule has 2 heterocycles.